The summed E-state index contributed by atoms with van der Waals surface area (Å²) < 4.78 is 0. The molecule has 0 N–H and O–H groups in total. The Morgan fingerprint density at radius 1 is 1.08 bits per heavy atom. The highest BCUT2D eigenvalue weighted by atomic mass is 13.8. The Balaban J connectivity index is -0.000000175. The van der Waals surface area contributed by atoms with Crippen molar-refractivity contribution in [1.29, 1.82) is 0 Å². The van der Waals surface area contributed by atoms with E-state index in [1.165, 1.54) is 5.57 Å². The molecular weight excluding hydrogens is 144 g/mol. The highest BCUT2D eigenvalue weighted by molar-refractivity contribution is 5.14. The first-order valence-corrected chi connectivity index (χ1v) is 5.10. The smallest absolute Gasteiger partial charge is 0.0376 e. The van der Waals surface area contributed by atoms with Crippen LogP contribution in [0, 0.1) is 0 Å². The fourth-order valence-corrected chi connectivity index (χ4v) is 0.400. The molecule has 0 aromatic carbocycles. The van der Waals surface area contributed by atoms with Gasteiger partial charge in [-0.05, 0) is 20.3 Å². The van der Waals surface area contributed by atoms with Gasteiger partial charge in [-0.15, -0.1) is 0 Å². The van der Waals surface area contributed by atoms with Crippen molar-refractivity contribution in [2.75, 3.05) is 0 Å². The van der Waals surface area contributed by atoms with Crippen molar-refractivity contribution in [2.45, 2.75) is 54.9 Å². The summed E-state index contributed by atoms with van der Waals surface area (Å²) in [6, 6.07) is 0. The largest absolute Gasteiger partial charge is 0.0847 e. The van der Waals surface area contributed by atoms with E-state index >= 15 is 0 Å². The van der Waals surface area contributed by atoms with Crippen LogP contribution in [0.4, 0.5) is 0 Å². The molecule has 0 fully saturated rings. The Hall–Kier alpha value is -0.520. The zero-order chi connectivity index (χ0) is 10.4. The maximum Gasteiger partial charge on any atom is -0.0376 e. The Morgan fingerprint density at radius 3 is 1.75 bits per heavy atom. The predicted molar refractivity (Wildman–Crippen MR) is 61.6 cm³/mol. The Labute approximate surface area is 79.4 Å². The van der Waals surface area contributed by atoms with E-state index in [0.29, 0.717) is 0 Å². The van der Waals surface area contributed by atoms with Crippen LogP contribution in [0.15, 0.2) is 23.8 Å². The van der Waals surface area contributed by atoms with Crippen LogP contribution >= 0.6 is 0 Å². The maximum atomic E-state index is 2.16. The van der Waals surface area contributed by atoms with Gasteiger partial charge >= 0.3 is 0 Å². The van der Waals surface area contributed by atoms with Crippen LogP contribution in [-0.4, -0.2) is 0 Å². The Morgan fingerprint density at radius 2 is 1.50 bits per heavy atom. The van der Waals surface area contributed by atoms with Crippen LogP contribution in [0.2, 0.25) is 0 Å². The van der Waals surface area contributed by atoms with E-state index < -0.39 is 0 Å². The van der Waals surface area contributed by atoms with Crippen LogP contribution in [0.3, 0.4) is 0 Å². The van der Waals surface area contributed by atoms with Crippen LogP contribution < -0.4 is 0 Å². The standard InChI is InChI=1S/C8H14.2C2H6/c1-4-6-7-8(3)5-2;2*1-2/h5-7H,4H2,1-3H3;2*1-2H3/b7-6-,8-5-;;. The lowest BCUT2D eigenvalue weighted by Gasteiger charge is -1.84. The van der Waals surface area contributed by atoms with E-state index in [1.807, 2.05) is 27.7 Å². The molecule has 0 aliphatic carbocycles. The first-order chi connectivity index (χ1) is 5.81. The highest BCUT2D eigenvalue weighted by Crippen LogP contribution is 1.93. The lowest BCUT2D eigenvalue weighted by molar-refractivity contribution is 1.22. The minimum atomic E-state index is 1.13. The van der Waals surface area contributed by atoms with Gasteiger partial charge in [0.1, 0.15) is 0 Å². The summed E-state index contributed by atoms with van der Waals surface area (Å²) >= 11 is 0. The Kier molecular flexibility index (Phi) is 32.8. The van der Waals surface area contributed by atoms with Crippen LogP contribution in [0.1, 0.15) is 54.9 Å². The molecule has 0 radical (unpaired) electrons. The van der Waals surface area contributed by atoms with Gasteiger partial charge in [0.2, 0.25) is 0 Å². The molecule has 12 heavy (non-hydrogen) atoms. The monoisotopic (exact) mass is 170 g/mol. The van der Waals surface area contributed by atoms with Crippen molar-refractivity contribution in [3.63, 3.8) is 0 Å². The summed E-state index contributed by atoms with van der Waals surface area (Å²) in [5.41, 5.74) is 1.34. The van der Waals surface area contributed by atoms with Gasteiger partial charge in [-0.25, -0.2) is 0 Å². The van der Waals surface area contributed by atoms with Crippen molar-refractivity contribution in [3.05, 3.63) is 23.8 Å². The van der Waals surface area contributed by atoms with Crippen molar-refractivity contribution in [1.82, 2.24) is 0 Å². The van der Waals surface area contributed by atoms with Gasteiger partial charge in [0.15, 0.2) is 0 Å². The normalized spacial score (nSPS) is 9.75. The molecular formula is C12H26. The predicted octanol–water partition coefficient (Wildman–Crippen LogP) is 4.97. The molecule has 0 aliphatic rings. The fourth-order valence-electron chi connectivity index (χ4n) is 0.400. The van der Waals surface area contributed by atoms with E-state index in [9.17, 15) is 0 Å². The summed E-state index contributed by atoms with van der Waals surface area (Å²) in [5.74, 6) is 0. The molecule has 0 heterocycles. The Bertz CT molecular complexity index is 96.6. The third-order valence-corrected chi connectivity index (χ3v) is 1.07. The third-order valence-electron chi connectivity index (χ3n) is 1.07. The van der Waals surface area contributed by atoms with Gasteiger partial charge in [-0.3, -0.25) is 0 Å². The van der Waals surface area contributed by atoms with Crippen molar-refractivity contribution >= 4 is 0 Å². The highest BCUT2D eigenvalue weighted by Gasteiger charge is 1.72. The van der Waals surface area contributed by atoms with Gasteiger partial charge < -0.3 is 0 Å². The topological polar surface area (TPSA) is 0 Å². The molecule has 0 bridgehead atoms. The molecule has 0 saturated carbocycles. The van der Waals surface area contributed by atoms with Gasteiger partial charge in [0.05, 0.1) is 0 Å². The average molecular weight is 170 g/mol. The molecule has 0 nitrogen and oxygen atoms in total. The van der Waals surface area contributed by atoms with E-state index in [4.69, 9.17) is 0 Å². The second-order valence-electron chi connectivity index (χ2n) is 1.84. The van der Waals surface area contributed by atoms with Crippen molar-refractivity contribution < 1.29 is 0 Å². The van der Waals surface area contributed by atoms with Gasteiger partial charge in [-0.1, -0.05) is 58.4 Å². The molecule has 0 rings (SSSR count). The van der Waals surface area contributed by atoms with E-state index in [0.717, 1.165) is 6.42 Å². The van der Waals surface area contributed by atoms with Gasteiger partial charge in [0, 0.05) is 0 Å². The van der Waals surface area contributed by atoms with Crippen LogP contribution in [-0.2, 0) is 0 Å². The second kappa shape index (κ2) is 22.4. The summed E-state index contributed by atoms with van der Waals surface area (Å²) in [6.45, 7) is 14.3. The number of hydrogen-bond donors (Lipinski definition) is 0. The fraction of sp³-hybridized carbons (Fsp3) is 0.667. The van der Waals surface area contributed by atoms with E-state index in [1.54, 1.807) is 0 Å². The molecule has 0 aromatic rings. The minimum absolute atomic E-state index is 1.13. The quantitative estimate of drug-likeness (QED) is 0.513. The molecule has 0 atom stereocenters. The first-order valence-electron chi connectivity index (χ1n) is 5.10. The third kappa shape index (κ3) is 22.7. The molecule has 0 aliphatic heterocycles. The summed E-state index contributed by atoms with van der Waals surface area (Å²) in [7, 11) is 0. The minimum Gasteiger partial charge on any atom is -0.0847 e. The molecule has 0 amide bonds. The summed E-state index contributed by atoms with van der Waals surface area (Å²) in [6.07, 6.45) is 7.53. The summed E-state index contributed by atoms with van der Waals surface area (Å²) in [4.78, 5) is 0. The maximum absolute atomic E-state index is 2.16. The van der Waals surface area contributed by atoms with Crippen molar-refractivity contribution in [3.8, 4) is 0 Å². The van der Waals surface area contributed by atoms with Crippen LogP contribution in [0.5, 0.6) is 0 Å². The van der Waals surface area contributed by atoms with E-state index in [-0.39, 0.29) is 0 Å². The van der Waals surface area contributed by atoms with Crippen LogP contribution in [0.25, 0.3) is 0 Å². The zero-order valence-corrected chi connectivity index (χ0v) is 9.94. The van der Waals surface area contributed by atoms with E-state index in [2.05, 4.69) is 39.0 Å². The number of allylic oxidation sites excluding steroid dienone is 4. The molecule has 74 valence electrons. The van der Waals surface area contributed by atoms with Gasteiger partial charge in [0.25, 0.3) is 0 Å². The SMILES string of the molecule is C/C=C(C)\C=C/CC.CC.CC. The summed E-state index contributed by atoms with van der Waals surface area (Å²) in [5, 5.41) is 0. The number of hydrogen-bond acceptors (Lipinski definition) is 0. The van der Waals surface area contributed by atoms with Gasteiger partial charge in [-0.2, -0.15) is 0 Å². The molecule has 0 aromatic heterocycles. The lowest BCUT2D eigenvalue weighted by Crippen LogP contribution is -1.62. The average Bonchev–Trinajstić information content (AvgIpc) is 2.20. The molecule has 0 heteroatoms. The number of rotatable bonds is 2. The zero-order valence-electron chi connectivity index (χ0n) is 9.94. The van der Waals surface area contributed by atoms with Crippen molar-refractivity contribution in [2.24, 2.45) is 0 Å². The molecule has 0 unspecified atom stereocenters. The molecule has 0 spiro atoms. The molecule has 0 saturated heterocycles. The second-order valence-corrected chi connectivity index (χ2v) is 1.84. The first kappa shape index (κ1) is 17.5. The lowest BCUT2D eigenvalue weighted by atomic mass is 10.2.